The first-order valence-electron chi connectivity index (χ1n) is 6.68. The fourth-order valence-electron chi connectivity index (χ4n) is 2.26. The molecule has 0 N–H and O–H groups in total. The predicted octanol–water partition coefficient (Wildman–Crippen LogP) is 3.00. The zero-order valence-corrected chi connectivity index (χ0v) is 11.9. The molecule has 3 rings (SSSR count). The van der Waals surface area contributed by atoms with Crippen molar-refractivity contribution in [2.45, 2.75) is 0 Å². The molecule has 0 bridgehead atoms. The monoisotopic (exact) mass is 277 g/mol. The van der Waals surface area contributed by atoms with Crippen molar-refractivity contribution in [3.63, 3.8) is 0 Å². The van der Waals surface area contributed by atoms with E-state index in [1.807, 2.05) is 42.5 Å². The minimum atomic E-state index is -0.00547. The number of hydrogen-bond donors (Lipinski definition) is 0. The summed E-state index contributed by atoms with van der Waals surface area (Å²) in [6.07, 6.45) is 3.52. The van der Waals surface area contributed by atoms with Gasteiger partial charge in [-0.1, -0.05) is 12.1 Å². The van der Waals surface area contributed by atoms with E-state index in [1.165, 1.54) is 0 Å². The molecule has 0 aliphatic heterocycles. The molecule has 1 amide bonds. The minimum absolute atomic E-state index is 0.00547. The predicted molar refractivity (Wildman–Crippen MR) is 83.0 cm³/mol. The Morgan fingerprint density at radius 3 is 2.43 bits per heavy atom. The van der Waals surface area contributed by atoms with Crippen LogP contribution in [0, 0.1) is 0 Å². The first kappa shape index (κ1) is 13.2. The first-order valence-corrected chi connectivity index (χ1v) is 6.68. The number of hydrogen-bond acceptors (Lipinski definition) is 3. The van der Waals surface area contributed by atoms with Gasteiger partial charge in [-0.05, 0) is 30.3 Å². The highest BCUT2D eigenvalue weighted by molar-refractivity contribution is 5.96. The van der Waals surface area contributed by atoms with Gasteiger partial charge in [-0.15, -0.1) is 0 Å². The molecule has 0 saturated heterocycles. The van der Waals surface area contributed by atoms with E-state index in [4.69, 9.17) is 0 Å². The van der Waals surface area contributed by atoms with Crippen LogP contribution in [0.3, 0.4) is 0 Å². The molecular formula is C17H15N3O. The van der Waals surface area contributed by atoms with Crippen molar-refractivity contribution in [1.82, 2.24) is 14.9 Å². The van der Waals surface area contributed by atoms with Crippen LogP contribution in [-0.4, -0.2) is 34.9 Å². The Hall–Kier alpha value is -2.75. The lowest BCUT2D eigenvalue weighted by atomic mass is 10.0. The average molecular weight is 277 g/mol. The average Bonchev–Trinajstić information content (AvgIpc) is 2.53. The SMILES string of the molecule is CN(C)C(=O)c1ccc(-c2nccc3ncccc23)cc1. The van der Waals surface area contributed by atoms with E-state index in [9.17, 15) is 4.79 Å². The number of pyridine rings is 2. The number of carbonyl (C=O) groups excluding carboxylic acids is 1. The number of aromatic nitrogens is 2. The summed E-state index contributed by atoms with van der Waals surface area (Å²) in [5.74, 6) is -0.00547. The van der Waals surface area contributed by atoms with E-state index in [0.29, 0.717) is 5.56 Å². The van der Waals surface area contributed by atoms with E-state index >= 15 is 0 Å². The summed E-state index contributed by atoms with van der Waals surface area (Å²) in [6.45, 7) is 0. The summed E-state index contributed by atoms with van der Waals surface area (Å²) in [4.78, 5) is 22.3. The Morgan fingerprint density at radius 2 is 1.71 bits per heavy atom. The van der Waals surface area contributed by atoms with E-state index in [-0.39, 0.29) is 5.91 Å². The quantitative estimate of drug-likeness (QED) is 0.723. The summed E-state index contributed by atoms with van der Waals surface area (Å²) < 4.78 is 0. The van der Waals surface area contributed by atoms with Crippen LogP contribution >= 0.6 is 0 Å². The number of rotatable bonds is 2. The summed E-state index contributed by atoms with van der Waals surface area (Å²) >= 11 is 0. The number of nitrogens with zero attached hydrogens (tertiary/aromatic N) is 3. The summed E-state index contributed by atoms with van der Waals surface area (Å²) in [5.41, 5.74) is 3.44. The Kier molecular flexibility index (Phi) is 3.36. The van der Waals surface area contributed by atoms with Gasteiger partial charge in [0.1, 0.15) is 0 Å². The second-order valence-electron chi connectivity index (χ2n) is 5.01. The van der Waals surface area contributed by atoms with Crippen LogP contribution in [-0.2, 0) is 0 Å². The second-order valence-corrected chi connectivity index (χ2v) is 5.01. The minimum Gasteiger partial charge on any atom is -0.345 e. The molecule has 0 aliphatic carbocycles. The molecule has 1 aromatic carbocycles. The zero-order valence-electron chi connectivity index (χ0n) is 11.9. The Bertz CT molecular complexity index is 789. The molecule has 0 fully saturated rings. The lowest BCUT2D eigenvalue weighted by molar-refractivity contribution is 0.0827. The van der Waals surface area contributed by atoms with Gasteiger partial charge in [0, 0.05) is 43.0 Å². The van der Waals surface area contributed by atoms with Gasteiger partial charge in [0.15, 0.2) is 0 Å². The van der Waals surface area contributed by atoms with Crippen molar-refractivity contribution in [1.29, 1.82) is 0 Å². The molecule has 4 heteroatoms. The van der Waals surface area contributed by atoms with Gasteiger partial charge >= 0.3 is 0 Å². The lowest BCUT2D eigenvalue weighted by Crippen LogP contribution is -2.21. The van der Waals surface area contributed by atoms with Crippen molar-refractivity contribution in [2.75, 3.05) is 14.1 Å². The van der Waals surface area contributed by atoms with Gasteiger partial charge in [0.2, 0.25) is 0 Å². The largest absolute Gasteiger partial charge is 0.345 e. The highest BCUT2D eigenvalue weighted by Crippen LogP contribution is 2.25. The van der Waals surface area contributed by atoms with Crippen molar-refractivity contribution >= 4 is 16.8 Å². The molecule has 21 heavy (non-hydrogen) atoms. The third-order valence-electron chi connectivity index (χ3n) is 3.34. The van der Waals surface area contributed by atoms with Crippen molar-refractivity contribution in [3.05, 3.63) is 60.4 Å². The van der Waals surface area contributed by atoms with Crippen molar-refractivity contribution in [2.24, 2.45) is 0 Å². The smallest absolute Gasteiger partial charge is 0.253 e. The maximum absolute atomic E-state index is 11.9. The van der Waals surface area contributed by atoms with Crippen LogP contribution in [0.5, 0.6) is 0 Å². The van der Waals surface area contributed by atoms with E-state index < -0.39 is 0 Å². The zero-order chi connectivity index (χ0) is 14.8. The first-order chi connectivity index (χ1) is 10.2. The van der Waals surface area contributed by atoms with E-state index in [2.05, 4.69) is 9.97 Å². The molecule has 104 valence electrons. The molecule has 0 radical (unpaired) electrons. The van der Waals surface area contributed by atoms with Crippen LogP contribution in [0.15, 0.2) is 54.9 Å². The summed E-state index contributed by atoms with van der Waals surface area (Å²) in [5, 5.41) is 1.01. The maximum atomic E-state index is 11.9. The van der Waals surface area contributed by atoms with Gasteiger partial charge in [0.25, 0.3) is 5.91 Å². The number of fused-ring (bicyclic) bond motifs is 1. The number of amides is 1. The normalized spacial score (nSPS) is 10.6. The lowest BCUT2D eigenvalue weighted by Gasteiger charge is -2.11. The highest BCUT2D eigenvalue weighted by Gasteiger charge is 2.09. The molecular weight excluding hydrogens is 262 g/mol. The molecule has 2 heterocycles. The Morgan fingerprint density at radius 1 is 0.952 bits per heavy atom. The third-order valence-corrected chi connectivity index (χ3v) is 3.34. The third kappa shape index (κ3) is 2.48. The Balaban J connectivity index is 2.06. The van der Waals surface area contributed by atoms with Crippen molar-refractivity contribution < 1.29 is 4.79 Å². The van der Waals surface area contributed by atoms with Crippen molar-refractivity contribution in [3.8, 4) is 11.3 Å². The summed E-state index contributed by atoms with van der Waals surface area (Å²) in [7, 11) is 3.49. The molecule has 2 aromatic heterocycles. The molecule has 0 aliphatic rings. The van der Waals surface area contributed by atoms with E-state index in [0.717, 1.165) is 22.2 Å². The van der Waals surface area contributed by atoms with Crippen LogP contribution < -0.4 is 0 Å². The molecule has 4 nitrogen and oxygen atoms in total. The van der Waals surface area contributed by atoms with Gasteiger partial charge in [-0.3, -0.25) is 14.8 Å². The topological polar surface area (TPSA) is 46.1 Å². The Labute approximate surface area is 123 Å². The van der Waals surface area contributed by atoms with Crippen LogP contribution in [0.1, 0.15) is 10.4 Å². The number of carbonyl (C=O) groups is 1. The molecule has 0 atom stereocenters. The fourth-order valence-corrected chi connectivity index (χ4v) is 2.26. The van der Waals surface area contributed by atoms with Gasteiger partial charge < -0.3 is 4.90 Å². The second kappa shape index (κ2) is 5.32. The molecule has 3 aromatic rings. The van der Waals surface area contributed by atoms with Crippen LogP contribution in [0.4, 0.5) is 0 Å². The number of benzene rings is 1. The maximum Gasteiger partial charge on any atom is 0.253 e. The van der Waals surface area contributed by atoms with Crippen LogP contribution in [0.25, 0.3) is 22.2 Å². The fraction of sp³-hybridized carbons (Fsp3) is 0.118. The standard InChI is InChI=1S/C17H15N3O/c1-20(2)17(21)13-7-5-12(6-8-13)16-14-4-3-10-18-15(14)9-11-19-16/h3-11H,1-2H3. The summed E-state index contributed by atoms with van der Waals surface area (Å²) in [6, 6.07) is 13.3. The molecule has 0 saturated carbocycles. The van der Waals surface area contributed by atoms with Gasteiger partial charge in [-0.25, -0.2) is 0 Å². The van der Waals surface area contributed by atoms with E-state index in [1.54, 1.807) is 31.4 Å². The molecule has 0 unspecified atom stereocenters. The highest BCUT2D eigenvalue weighted by atomic mass is 16.2. The van der Waals surface area contributed by atoms with Crippen LogP contribution in [0.2, 0.25) is 0 Å². The van der Waals surface area contributed by atoms with Gasteiger partial charge in [-0.2, -0.15) is 0 Å². The van der Waals surface area contributed by atoms with Gasteiger partial charge in [0.05, 0.1) is 11.2 Å². The molecule has 0 spiro atoms.